The molecule has 4 nitrogen and oxygen atoms in total. The van der Waals surface area contributed by atoms with Crippen LogP contribution in [0.15, 0.2) is 53.7 Å². The van der Waals surface area contributed by atoms with Crippen molar-refractivity contribution in [2.45, 2.75) is 6.92 Å². The molecule has 0 radical (unpaired) electrons. The number of carbonyl (C=O) groups is 1. The largest absolute Gasteiger partial charge is 0.478 e. The van der Waals surface area contributed by atoms with Gasteiger partial charge in [0.1, 0.15) is 5.71 Å². The summed E-state index contributed by atoms with van der Waals surface area (Å²) in [5.74, 6) is -1.05. The SMILES string of the molecule is Cc1ccc(C(=NO)c2ccccc2C(=O)O)cc1. The Balaban J connectivity index is 2.55. The van der Waals surface area contributed by atoms with Gasteiger partial charge in [0.25, 0.3) is 0 Å². The molecule has 96 valence electrons. The summed E-state index contributed by atoms with van der Waals surface area (Å²) in [5, 5.41) is 21.6. The molecule has 0 spiro atoms. The van der Waals surface area contributed by atoms with Gasteiger partial charge < -0.3 is 10.3 Å². The highest BCUT2D eigenvalue weighted by Crippen LogP contribution is 2.16. The molecule has 19 heavy (non-hydrogen) atoms. The van der Waals surface area contributed by atoms with Crippen LogP contribution in [0.5, 0.6) is 0 Å². The first-order valence-electron chi connectivity index (χ1n) is 5.75. The fourth-order valence-corrected chi connectivity index (χ4v) is 1.85. The molecular formula is C15H13NO3. The zero-order valence-corrected chi connectivity index (χ0v) is 10.4. The number of oxime groups is 1. The Morgan fingerprint density at radius 2 is 1.58 bits per heavy atom. The summed E-state index contributed by atoms with van der Waals surface area (Å²) in [6.45, 7) is 1.95. The van der Waals surface area contributed by atoms with Crippen molar-refractivity contribution in [2.24, 2.45) is 5.16 Å². The second kappa shape index (κ2) is 5.35. The van der Waals surface area contributed by atoms with Gasteiger partial charge in [-0.05, 0) is 13.0 Å². The molecule has 0 saturated carbocycles. The van der Waals surface area contributed by atoms with E-state index in [9.17, 15) is 10.0 Å². The number of carboxylic acid groups (broad SMARTS) is 1. The minimum atomic E-state index is -1.05. The number of aryl methyl sites for hydroxylation is 1. The van der Waals surface area contributed by atoms with E-state index in [-0.39, 0.29) is 11.3 Å². The van der Waals surface area contributed by atoms with E-state index in [2.05, 4.69) is 5.16 Å². The van der Waals surface area contributed by atoms with Crippen LogP contribution in [-0.4, -0.2) is 22.0 Å². The molecule has 2 rings (SSSR count). The van der Waals surface area contributed by atoms with Crippen molar-refractivity contribution in [1.82, 2.24) is 0 Å². The standard InChI is InChI=1S/C15H13NO3/c1-10-6-8-11(9-7-10)14(16-19)12-4-2-3-5-13(12)15(17)18/h2-9,19H,1H3,(H,17,18). The monoisotopic (exact) mass is 255 g/mol. The molecule has 0 heterocycles. The minimum Gasteiger partial charge on any atom is -0.478 e. The molecule has 2 aromatic carbocycles. The smallest absolute Gasteiger partial charge is 0.336 e. The summed E-state index contributed by atoms with van der Waals surface area (Å²) in [6.07, 6.45) is 0. The van der Waals surface area contributed by atoms with Crippen LogP contribution < -0.4 is 0 Å². The quantitative estimate of drug-likeness (QED) is 0.503. The normalized spacial score (nSPS) is 11.3. The summed E-state index contributed by atoms with van der Waals surface area (Å²) >= 11 is 0. The van der Waals surface area contributed by atoms with Gasteiger partial charge in [-0.3, -0.25) is 0 Å². The van der Waals surface area contributed by atoms with Gasteiger partial charge in [0.15, 0.2) is 0 Å². The lowest BCUT2D eigenvalue weighted by Gasteiger charge is -2.08. The summed E-state index contributed by atoms with van der Waals surface area (Å²) in [5.41, 5.74) is 2.49. The van der Waals surface area contributed by atoms with Gasteiger partial charge in [-0.15, -0.1) is 0 Å². The van der Waals surface area contributed by atoms with Crippen molar-refractivity contribution < 1.29 is 15.1 Å². The fourth-order valence-electron chi connectivity index (χ4n) is 1.85. The maximum absolute atomic E-state index is 11.2. The third-order valence-electron chi connectivity index (χ3n) is 2.84. The van der Waals surface area contributed by atoms with Crippen LogP contribution in [0.1, 0.15) is 27.0 Å². The van der Waals surface area contributed by atoms with Gasteiger partial charge in [0, 0.05) is 11.1 Å². The molecule has 2 N–H and O–H groups in total. The molecule has 4 heteroatoms. The molecule has 0 amide bonds. The molecule has 0 aliphatic carbocycles. The van der Waals surface area contributed by atoms with Crippen molar-refractivity contribution in [2.75, 3.05) is 0 Å². The lowest BCUT2D eigenvalue weighted by molar-refractivity contribution is 0.0696. The third kappa shape index (κ3) is 2.63. The molecule has 0 bridgehead atoms. The third-order valence-corrected chi connectivity index (χ3v) is 2.84. The Labute approximate surface area is 110 Å². The number of aromatic carboxylic acids is 1. The predicted molar refractivity (Wildman–Crippen MR) is 72.0 cm³/mol. The highest BCUT2D eigenvalue weighted by Gasteiger charge is 2.16. The van der Waals surface area contributed by atoms with E-state index in [0.717, 1.165) is 5.56 Å². The number of carboxylic acids is 1. The van der Waals surface area contributed by atoms with Crippen LogP contribution in [0.25, 0.3) is 0 Å². The highest BCUT2D eigenvalue weighted by molar-refractivity contribution is 6.17. The minimum absolute atomic E-state index is 0.107. The molecule has 0 aliphatic heterocycles. The van der Waals surface area contributed by atoms with E-state index in [1.165, 1.54) is 6.07 Å². The highest BCUT2D eigenvalue weighted by atomic mass is 16.4. The molecular weight excluding hydrogens is 242 g/mol. The van der Waals surface area contributed by atoms with E-state index < -0.39 is 5.97 Å². The van der Waals surface area contributed by atoms with E-state index in [0.29, 0.717) is 11.1 Å². The Morgan fingerprint density at radius 1 is 1.00 bits per heavy atom. The van der Waals surface area contributed by atoms with Crippen molar-refractivity contribution in [1.29, 1.82) is 0 Å². The van der Waals surface area contributed by atoms with Gasteiger partial charge in [0.05, 0.1) is 5.56 Å². The first kappa shape index (κ1) is 12.8. The lowest BCUT2D eigenvalue weighted by atomic mass is 9.97. The number of rotatable bonds is 3. The molecule has 0 unspecified atom stereocenters. The van der Waals surface area contributed by atoms with Gasteiger partial charge >= 0.3 is 5.97 Å². The van der Waals surface area contributed by atoms with E-state index in [1.807, 2.05) is 19.1 Å². The number of hydrogen-bond donors (Lipinski definition) is 2. The summed E-state index contributed by atoms with van der Waals surface area (Å²) in [6, 6.07) is 13.8. The zero-order valence-electron chi connectivity index (χ0n) is 10.4. The van der Waals surface area contributed by atoms with Crippen molar-refractivity contribution >= 4 is 11.7 Å². The van der Waals surface area contributed by atoms with Gasteiger partial charge in [-0.1, -0.05) is 53.2 Å². The first-order chi connectivity index (χ1) is 9.13. The average molecular weight is 255 g/mol. The fraction of sp³-hybridized carbons (Fsp3) is 0.0667. The second-order valence-electron chi connectivity index (χ2n) is 4.17. The Morgan fingerprint density at radius 3 is 2.11 bits per heavy atom. The average Bonchev–Trinajstić information content (AvgIpc) is 2.42. The van der Waals surface area contributed by atoms with Crippen LogP contribution in [0.3, 0.4) is 0 Å². The molecule has 2 aromatic rings. The summed E-state index contributed by atoms with van der Waals surface area (Å²) in [4.78, 5) is 11.2. The zero-order chi connectivity index (χ0) is 13.8. The molecule has 0 saturated heterocycles. The molecule has 0 atom stereocenters. The number of benzene rings is 2. The Kier molecular flexibility index (Phi) is 3.61. The first-order valence-corrected chi connectivity index (χ1v) is 5.75. The van der Waals surface area contributed by atoms with Crippen LogP contribution in [0.2, 0.25) is 0 Å². The maximum atomic E-state index is 11.2. The molecule has 0 fully saturated rings. The summed E-state index contributed by atoms with van der Waals surface area (Å²) < 4.78 is 0. The van der Waals surface area contributed by atoms with Gasteiger partial charge in [0.2, 0.25) is 0 Å². The van der Waals surface area contributed by atoms with Gasteiger partial charge in [-0.25, -0.2) is 4.79 Å². The van der Waals surface area contributed by atoms with Crippen LogP contribution in [0.4, 0.5) is 0 Å². The van der Waals surface area contributed by atoms with Crippen molar-refractivity contribution in [3.8, 4) is 0 Å². The predicted octanol–water partition coefficient (Wildman–Crippen LogP) is 2.92. The van der Waals surface area contributed by atoms with Gasteiger partial charge in [-0.2, -0.15) is 0 Å². The second-order valence-corrected chi connectivity index (χ2v) is 4.17. The molecule has 0 aromatic heterocycles. The van der Waals surface area contributed by atoms with E-state index in [4.69, 9.17) is 5.11 Å². The maximum Gasteiger partial charge on any atom is 0.336 e. The topological polar surface area (TPSA) is 69.9 Å². The van der Waals surface area contributed by atoms with Crippen molar-refractivity contribution in [3.63, 3.8) is 0 Å². The van der Waals surface area contributed by atoms with Crippen LogP contribution in [-0.2, 0) is 0 Å². The van der Waals surface area contributed by atoms with Crippen molar-refractivity contribution in [3.05, 3.63) is 70.8 Å². The Bertz CT molecular complexity index is 630. The summed E-state index contributed by atoms with van der Waals surface area (Å²) in [7, 11) is 0. The lowest BCUT2D eigenvalue weighted by Crippen LogP contribution is -2.10. The molecule has 0 aliphatic rings. The number of nitrogens with zero attached hydrogens (tertiary/aromatic N) is 1. The number of hydrogen-bond acceptors (Lipinski definition) is 3. The van der Waals surface area contributed by atoms with Crippen LogP contribution >= 0.6 is 0 Å². The van der Waals surface area contributed by atoms with E-state index >= 15 is 0 Å². The van der Waals surface area contributed by atoms with E-state index in [1.54, 1.807) is 30.3 Å². The Hall–Kier alpha value is -2.62. The van der Waals surface area contributed by atoms with Crippen LogP contribution in [0, 0.1) is 6.92 Å².